The van der Waals surface area contributed by atoms with Gasteiger partial charge >= 0.3 is 5.97 Å². The van der Waals surface area contributed by atoms with Crippen LogP contribution in [0.5, 0.6) is 0 Å². The Hall–Kier alpha value is -1.91. The molecule has 2 N–H and O–H groups in total. The molecule has 0 saturated heterocycles. The Labute approximate surface area is 117 Å². The first kappa shape index (κ1) is 14.5. The third-order valence-electron chi connectivity index (χ3n) is 3.98. The maximum absolute atomic E-state index is 13.5. The van der Waals surface area contributed by atoms with Crippen LogP contribution in [0, 0.1) is 12.7 Å². The number of amides is 1. The van der Waals surface area contributed by atoms with Gasteiger partial charge in [0.05, 0.1) is 0 Å². The highest BCUT2D eigenvalue weighted by Crippen LogP contribution is 2.29. The first-order chi connectivity index (χ1) is 9.46. The summed E-state index contributed by atoms with van der Waals surface area (Å²) in [7, 11) is 0. The molecule has 2 rings (SSSR count). The normalized spacial score (nSPS) is 17.5. The highest BCUT2D eigenvalue weighted by Gasteiger charge is 2.41. The third-order valence-corrected chi connectivity index (χ3v) is 3.98. The van der Waals surface area contributed by atoms with E-state index in [4.69, 9.17) is 0 Å². The molecule has 0 aliphatic heterocycles. The number of nitrogens with one attached hydrogen (secondary N) is 1. The SMILES string of the molecule is Cc1c(F)cccc1C(=O)NC1(C(=O)O)CCCCC1. The smallest absolute Gasteiger partial charge is 0.329 e. The maximum atomic E-state index is 13.5. The van der Waals surface area contributed by atoms with E-state index in [-0.39, 0.29) is 11.1 Å². The van der Waals surface area contributed by atoms with Crippen LogP contribution in [0.1, 0.15) is 48.0 Å². The molecule has 4 nitrogen and oxygen atoms in total. The van der Waals surface area contributed by atoms with Gasteiger partial charge in [0.25, 0.3) is 5.91 Å². The van der Waals surface area contributed by atoms with E-state index in [2.05, 4.69) is 5.32 Å². The van der Waals surface area contributed by atoms with Gasteiger partial charge in [0, 0.05) is 5.56 Å². The minimum atomic E-state index is -1.21. The summed E-state index contributed by atoms with van der Waals surface area (Å²) in [5.74, 6) is -2.00. The molecule has 1 aliphatic carbocycles. The number of aliphatic carboxylic acids is 1. The molecule has 1 aromatic carbocycles. The molecule has 1 amide bonds. The summed E-state index contributed by atoms with van der Waals surface area (Å²) in [5, 5.41) is 12.0. The van der Waals surface area contributed by atoms with Gasteiger partial charge in [-0.05, 0) is 37.5 Å². The van der Waals surface area contributed by atoms with Gasteiger partial charge in [0.1, 0.15) is 11.4 Å². The molecule has 0 aromatic heterocycles. The molecule has 108 valence electrons. The molecule has 0 unspecified atom stereocenters. The molecule has 0 bridgehead atoms. The van der Waals surface area contributed by atoms with Crippen LogP contribution in [0.25, 0.3) is 0 Å². The van der Waals surface area contributed by atoms with E-state index in [0.717, 1.165) is 19.3 Å². The molecule has 1 aliphatic rings. The minimum absolute atomic E-state index is 0.191. The van der Waals surface area contributed by atoms with Crippen molar-refractivity contribution in [3.63, 3.8) is 0 Å². The Morgan fingerprint density at radius 3 is 2.50 bits per heavy atom. The van der Waals surface area contributed by atoms with Gasteiger partial charge in [-0.3, -0.25) is 4.79 Å². The van der Waals surface area contributed by atoms with Crippen LogP contribution < -0.4 is 5.32 Å². The number of hydrogen-bond acceptors (Lipinski definition) is 2. The average Bonchev–Trinajstić information content (AvgIpc) is 2.42. The van der Waals surface area contributed by atoms with Gasteiger partial charge in [0.15, 0.2) is 0 Å². The van der Waals surface area contributed by atoms with E-state index in [1.807, 2.05) is 0 Å². The summed E-state index contributed by atoms with van der Waals surface area (Å²) in [6, 6.07) is 4.23. The van der Waals surface area contributed by atoms with Crippen molar-refractivity contribution in [1.29, 1.82) is 0 Å². The zero-order valence-corrected chi connectivity index (χ0v) is 11.4. The quantitative estimate of drug-likeness (QED) is 0.894. The number of halogens is 1. The van der Waals surface area contributed by atoms with Crippen molar-refractivity contribution in [2.45, 2.75) is 44.6 Å². The number of carboxylic acid groups (broad SMARTS) is 1. The van der Waals surface area contributed by atoms with Gasteiger partial charge < -0.3 is 10.4 Å². The summed E-state index contributed by atoms with van der Waals surface area (Å²) < 4.78 is 13.5. The predicted molar refractivity (Wildman–Crippen MR) is 72.1 cm³/mol. The fraction of sp³-hybridized carbons (Fsp3) is 0.467. The standard InChI is InChI=1S/C15H18FNO3/c1-10-11(6-5-7-12(10)16)13(18)17-15(14(19)20)8-3-2-4-9-15/h5-7H,2-4,8-9H2,1H3,(H,17,18)(H,19,20). The van der Waals surface area contributed by atoms with Crippen molar-refractivity contribution in [2.24, 2.45) is 0 Å². The van der Waals surface area contributed by atoms with E-state index in [0.29, 0.717) is 12.8 Å². The summed E-state index contributed by atoms with van der Waals surface area (Å²) in [6.45, 7) is 1.51. The zero-order valence-electron chi connectivity index (χ0n) is 11.4. The van der Waals surface area contributed by atoms with E-state index in [9.17, 15) is 19.1 Å². The zero-order chi connectivity index (χ0) is 14.8. The van der Waals surface area contributed by atoms with E-state index in [1.54, 1.807) is 0 Å². The van der Waals surface area contributed by atoms with Crippen molar-refractivity contribution in [1.82, 2.24) is 5.32 Å². The van der Waals surface area contributed by atoms with Crippen molar-refractivity contribution >= 4 is 11.9 Å². The highest BCUT2D eigenvalue weighted by molar-refractivity contribution is 5.99. The lowest BCUT2D eigenvalue weighted by Crippen LogP contribution is -2.55. The first-order valence-electron chi connectivity index (χ1n) is 6.77. The largest absolute Gasteiger partial charge is 0.480 e. The van der Waals surface area contributed by atoms with Crippen LogP contribution in [-0.4, -0.2) is 22.5 Å². The Morgan fingerprint density at radius 1 is 1.25 bits per heavy atom. The molecule has 0 atom stereocenters. The van der Waals surface area contributed by atoms with Gasteiger partial charge in [-0.1, -0.05) is 25.3 Å². The summed E-state index contributed by atoms with van der Waals surface area (Å²) in [5.41, 5.74) is -0.786. The Morgan fingerprint density at radius 2 is 1.90 bits per heavy atom. The lowest BCUT2D eigenvalue weighted by Gasteiger charge is -2.34. The van der Waals surface area contributed by atoms with Crippen molar-refractivity contribution in [3.05, 3.63) is 35.1 Å². The van der Waals surface area contributed by atoms with Crippen molar-refractivity contribution < 1.29 is 19.1 Å². The number of rotatable bonds is 3. The Balaban J connectivity index is 2.25. The van der Waals surface area contributed by atoms with Crippen LogP contribution in [0.3, 0.4) is 0 Å². The van der Waals surface area contributed by atoms with Crippen molar-refractivity contribution in [3.8, 4) is 0 Å². The number of benzene rings is 1. The monoisotopic (exact) mass is 279 g/mol. The molecule has 1 fully saturated rings. The predicted octanol–water partition coefficient (Wildman–Crippen LogP) is 2.65. The maximum Gasteiger partial charge on any atom is 0.329 e. The van der Waals surface area contributed by atoms with Gasteiger partial charge in [-0.2, -0.15) is 0 Å². The molecular weight excluding hydrogens is 261 g/mol. The van der Waals surface area contributed by atoms with E-state index < -0.39 is 23.2 Å². The minimum Gasteiger partial charge on any atom is -0.480 e. The van der Waals surface area contributed by atoms with Crippen LogP contribution >= 0.6 is 0 Å². The molecular formula is C15H18FNO3. The number of carbonyl (C=O) groups excluding carboxylic acids is 1. The number of hydrogen-bond donors (Lipinski definition) is 2. The van der Waals surface area contributed by atoms with Crippen LogP contribution in [0.2, 0.25) is 0 Å². The first-order valence-corrected chi connectivity index (χ1v) is 6.77. The lowest BCUT2D eigenvalue weighted by molar-refractivity contribution is -0.145. The molecule has 0 radical (unpaired) electrons. The van der Waals surface area contributed by atoms with Crippen molar-refractivity contribution in [2.75, 3.05) is 0 Å². The number of carbonyl (C=O) groups is 2. The third kappa shape index (κ3) is 2.66. The second-order valence-corrected chi connectivity index (χ2v) is 5.31. The van der Waals surface area contributed by atoms with Crippen LogP contribution in [0.15, 0.2) is 18.2 Å². The highest BCUT2D eigenvalue weighted by atomic mass is 19.1. The molecule has 0 heterocycles. The van der Waals surface area contributed by atoms with Gasteiger partial charge in [-0.15, -0.1) is 0 Å². The molecule has 0 spiro atoms. The second-order valence-electron chi connectivity index (χ2n) is 5.31. The molecule has 1 aromatic rings. The summed E-state index contributed by atoms with van der Waals surface area (Å²) in [6.07, 6.45) is 3.36. The summed E-state index contributed by atoms with van der Waals surface area (Å²) in [4.78, 5) is 23.8. The number of carboxylic acids is 1. The fourth-order valence-electron chi connectivity index (χ4n) is 2.69. The average molecular weight is 279 g/mol. The summed E-state index contributed by atoms with van der Waals surface area (Å²) >= 11 is 0. The molecule has 5 heteroatoms. The fourth-order valence-corrected chi connectivity index (χ4v) is 2.69. The van der Waals surface area contributed by atoms with Gasteiger partial charge in [-0.25, -0.2) is 9.18 Å². The van der Waals surface area contributed by atoms with Gasteiger partial charge in [0.2, 0.25) is 0 Å². The van der Waals surface area contributed by atoms with Crippen LogP contribution in [0.4, 0.5) is 4.39 Å². The second kappa shape index (κ2) is 5.61. The topological polar surface area (TPSA) is 66.4 Å². The lowest BCUT2D eigenvalue weighted by atomic mass is 9.81. The molecule has 1 saturated carbocycles. The molecule has 20 heavy (non-hydrogen) atoms. The Bertz CT molecular complexity index is 536. The van der Waals surface area contributed by atoms with E-state index >= 15 is 0 Å². The Kier molecular flexibility index (Phi) is 4.06. The van der Waals surface area contributed by atoms with E-state index in [1.165, 1.54) is 25.1 Å². The van der Waals surface area contributed by atoms with Crippen LogP contribution in [-0.2, 0) is 4.79 Å².